The molecule has 0 aliphatic carbocycles. The van der Waals surface area contributed by atoms with E-state index in [0.29, 0.717) is 24.5 Å². The van der Waals surface area contributed by atoms with Crippen LogP contribution in [0.1, 0.15) is 41.0 Å². The molecule has 1 unspecified atom stereocenters. The molecule has 0 radical (unpaired) electrons. The van der Waals surface area contributed by atoms with Crippen LogP contribution < -0.4 is 10.6 Å². The van der Waals surface area contributed by atoms with Gasteiger partial charge in [-0.3, -0.25) is 9.89 Å². The fourth-order valence-corrected chi connectivity index (χ4v) is 2.92. The Morgan fingerprint density at radius 3 is 2.38 bits per heavy atom. The summed E-state index contributed by atoms with van der Waals surface area (Å²) in [6.45, 7) is 18.7. The van der Waals surface area contributed by atoms with Crippen LogP contribution in [0.15, 0.2) is 4.99 Å². The van der Waals surface area contributed by atoms with E-state index < -0.39 is 0 Å². The molecule has 0 aromatic rings. The highest BCUT2D eigenvalue weighted by Crippen LogP contribution is 2.14. The van der Waals surface area contributed by atoms with E-state index in [4.69, 9.17) is 14.5 Å². The van der Waals surface area contributed by atoms with Crippen molar-refractivity contribution in [3.63, 3.8) is 0 Å². The number of nitrogens with one attached hydrogen (secondary N) is 2. The van der Waals surface area contributed by atoms with Crippen molar-refractivity contribution in [2.24, 2.45) is 16.8 Å². The van der Waals surface area contributed by atoms with Gasteiger partial charge in [0.15, 0.2) is 5.96 Å². The van der Waals surface area contributed by atoms with Gasteiger partial charge in [0, 0.05) is 38.8 Å². The first-order valence-electron chi connectivity index (χ1n) is 9.94. The summed E-state index contributed by atoms with van der Waals surface area (Å²) in [7, 11) is 0. The summed E-state index contributed by atoms with van der Waals surface area (Å²) in [6, 6.07) is 0.483. The summed E-state index contributed by atoms with van der Waals surface area (Å²) in [4.78, 5) is 7.36. The average Bonchev–Trinajstić information content (AvgIpc) is 2.58. The van der Waals surface area contributed by atoms with Crippen LogP contribution in [-0.2, 0) is 9.47 Å². The molecule has 0 aromatic carbocycles. The van der Waals surface area contributed by atoms with Crippen LogP contribution in [0.5, 0.6) is 0 Å². The third kappa shape index (κ3) is 12.3. The predicted molar refractivity (Wildman–Crippen MR) is 121 cm³/mol. The number of hydrogen-bond donors (Lipinski definition) is 2. The number of halogens is 1. The fraction of sp³-hybridized carbons (Fsp3) is 0.947. The van der Waals surface area contributed by atoms with Crippen molar-refractivity contribution < 1.29 is 9.47 Å². The number of ether oxygens (including phenoxy) is 2. The first kappa shape index (κ1) is 25.9. The Bertz CT molecular complexity index is 361. The molecule has 0 aromatic heterocycles. The SMILES string of the molecule is CCNC(=NCC(CC(C)C)N1CCOCC1)NCCOCC(C)C.I. The Labute approximate surface area is 177 Å². The van der Waals surface area contributed by atoms with Gasteiger partial charge < -0.3 is 20.1 Å². The second kappa shape index (κ2) is 15.9. The monoisotopic (exact) mass is 484 g/mol. The van der Waals surface area contributed by atoms with Crippen molar-refractivity contribution in [1.82, 2.24) is 15.5 Å². The molecule has 156 valence electrons. The molecule has 0 bridgehead atoms. The van der Waals surface area contributed by atoms with Crippen molar-refractivity contribution in [3.8, 4) is 0 Å². The molecular weight excluding hydrogens is 443 g/mol. The molecule has 2 N–H and O–H groups in total. The third-order valence-electron chi connectivity index (χ3n) is 4.10. The molecule has 1 rings (SSSR count). The fourth-order valence-electron chi connectivity index (χ4n) is 2.92. The topological polar surface area (TPSA) is 58.1 Å². The van der Waals surface area contributed by atoms with Crippen LogP contribution in [0, 0.1) is 11.8 Å². The van der Waals surface area contributed by atoms with Gasteiger partial charge in [0.05, 0.1) is 26.4 Å². The molecule has 0 saturated carbocycles. The van der Waals surface area contributed by atoms with E-state index in [1.165, 1.54) is 6.42 Å². The highest BCUT2D eigenvalue weighted by atomic mass is 127. The number of hydrogen-bond acceptors (Lipinski definition) is 4. The second-order valence-corrected chi connectivity index (χ2v) is 7.55. The van der Waals surface area contributed by atoms with Crippen molar-refractivity contribution in [3.05, 3.63) is 0 Å². The Kier molecular flexibility index (Phi) is 15.8. The Hall–Kier alpha value is -0.120. The molecular formula is C19H41IN4O2. The molecule has 1 atom stereocenters. The lowest BCUT2D eigenvalue weighted by Crippen LogP contribution is -2.46. The number of guanidine groups is 1. The second-order valence-electron chi connectivity index (χ2n) is 7.55. The van der Waals surface area contributed by atoms with E-state index >= 15 is 0 Å². The maximum Gasteiger partial charge on any atom is 0.191 e. The minimum absolute atomic E-state index is 0. The van der Waals surface area contributed by atoms with Crippen molar-refractivity contribution in [2.45, 2.75) is 47.1 Å². The number of aliphatic imine (C=N–C) groups is 1. The molecule has 26 heavy (non-hydrogen) atoms. The summed E-state index contributed by atoms with van der Waals surface area (Å²) < 4.78 is 11.1. The van der Waals surface area contributed by atoms with E-state index in [-0.39, 0.29) is 24.0 Å². The third-order valence-corrected chi connectivity index (χ3v) is 4.10. The predicted octanol–water partition coefficient (Wildman–Crippen LogP) is 2.58. The van der Waals surface area contributed by atoms with Crippen molar-refractivity contribution in [2.75, 3.05) is 59.2 Å². The van der Waals surface area contributed by atoms with Gasteiger partial charge in [-0.1, -0.05) is 27.7 Å². The summed E-state index contributed by atoms with van der Waals surface area (Å²) >= 11 is 0. The summed E-state index contributed by atoms with van der Waals surface area (Å²) in [5.41, 5.74) is 0. The highest BCUT2D eigenvalue weighted by Gasteiger charge is 2.21. The lowest BCUT2D eigenvalue weighted by Gasteiger charge is -2.34. The van der Waals surface area contributed by atoms with Crippen LogP contribution in [0.2, 0.25) is 0 Å². The van der Waals surface area contributed by atoms with Gasteiger partial charge in [-0.2, -0.15) is 0 Å². The van der Waals surface area contributed by atoms with Crippen LogP contribution in [0.4, 0.5) is 0 Å². The molecule has 7 heteroatoms. The van der Waals surface area contributed by atoms with Crippen molar-refractivity contribution >= 4 is 29.9 Å². The first-order chi connectivity index (χ1) is 12.0. The molecule has 1 heterocycles. The lowest BCUT2D eigenvalue weighted by atomic mass is 10.0. The molecule has 0 spiro atoms. The molecule has 1 fully saturated rings. The Morgan fingerprint density at radius 1 is 1.12 bits per heavy atom. The lowest BCUT2D eigenvalue weighted by molar-refractivity contribution is 0.0143. The zero-order valence-electron chi connectivity index (χ0n) is 17.4. The largest absolute Gasteiger partial charge is 0.379 e. The van der Waals surface area contributed by atoms with Crippen LogP contribution >= 0.6 is 24.0 Å². The minimum atomic E-state index is 0. The van der Waals surface area contributed by atoms with E-state index in [2.05, 4.69) is 50.2 Å². The van der Waals surface area contributed by atoms with Crippen LogP contribution in [-0.4, -0.2) is 76.1 Å². The molecule has 6 nitrogen and oxygen atoms in total. The van der Waals surface area contributed by atoms with E-state index in [9.17, 15) is 0 Å². The molecule has 1 saturated heterocycles. The highest BCUT2D eigenvalue weighted by molar-refractivity contribution is 14.0. The first-order valence-corrected chi connectivity index (χ1v) is 9.94. The summed E-state index contributed by atoms with van der Waals surface area (Å²) in [5, 5.41) is 6.71. The molecule has 0 amide bonds. The summed E-state index contributed by atoms with van der Waals surface area (Å²) in [5.74, 6) is 2.13. The molecule has 1 aliphatic heterocycles. The number of nitrogens with zero attached hydrogens (tertiary/aromatic N) is 2. The van der Waals surface area contributed by atoms with Gasteiger partial charge in [-0.15, -0.1) is 24.0 Å². The zero-order chi connectivity index (χ0) is 18.5. The van der Waals surface area contributed by atoms with E-state index in [1.54, 1.807) is 0 Å². The number of morpholine rings is 1. The molecule has 1 aliphatic rings. The smallest absolute Gasteiger partial charge is 0.191 e. The van der Waals surface area contributed by atoms with Gasteiger partial charge in [-0.25, -0.2) is 0 Å². The quantitative estimate of drug-likeness (QED) is 0.204. The van der Waals surface area contributed by atoms with Gasteiger partial charge in [-0.05, 0) is 25.2 Å². The van der Waals surface area contributed by atoms with Gasteiger partial charge in [0.2, 0.25) is 0 Å². The Morgan fingerprint density at radius 2 is 1.81 bits per heavy atom. The van der Waals surface area contributed by atoms with E-state index in [1.807, 2.05) is 0 Å². The maximum absolute atomic E-state index is 5.63. The standard InChI is InChI=1S/C19H40N4O2.HI/c1-6-20-19(21-7-10-25-15-17(4)5)22-14-18(13-16(2)3)23-8-11-24-12-9-23;/h16-18H,6-15H2,1-5H3,(H2,20,21,22);1H. The van der Waals surface area contributed by atoms with Crippen LogP contribution in [0.3, 0.4) is 0 Å². The number of rotatable bonds is 11. The Balaban J connectivity index is 0.00000625. The summed E-state index contributed by atoms with van der Waals surface area (Å²) in [6.07, 6.45) is 1.17. The van der Waals surface area contributed by atoms with Crippen LogP contribution in [0.25, 0.3) is 0 Å². The average molecular weight is 484 g/mol. The van der Waals surface area contributed by atoms with E-state index in [0.717, 1.165) is 58.5 Å². The minimum Gasteiger partial charge on any atom is -0.379 e. The van der Waals surface area contributed by atoms with Gasteiger partial charge in [0.1, 0.15) is 0 Å². The zero-order valence-corrected chi connectivity index (χ0v) is 19.8. The van der Waals surface area contributed by atoms with Gasteiger partial charge in [0.25, 0.3) is 0 Å². The maximum atomic E-state index is 5.63. The van der Waals surface area contributed by atoms with Gasteiger partial charge >= 0.3 is 0 Å². The van der Waals surface area contributed by atoms with Crippen molar-refractivity contribution in [1.29, 1.82) is 0 Å². The normalized spacial score (nSPS) is 17.3.